The van der Waals surface area contributed by atoms with E-state index in [1.807, 2.05) is 15.9 Å². The fraction of sp³-hybridized carbons (Fsp3) is 0.706. The van der Waals surface area contributed by atoms with Crippen molar-refractivity contribution in [2.45, 2.75) is 51.0 Å². The molecule has 5 rings (SSSR count). The van der Waals surface area contributed by atoms with Gasteiger partial charge in [-0.3, -0.25) is 14.7 Å². The minimum absolute atomic E-state index is 0.0313. The van der Waals surface area contributed by atoms with Crippen LogP contribution in [0, 0.1) is 5.92 Å². The van der Waals surface area contributed by atoms with E-state index < -0.39 is 0 Å². The molecule has 23 heavy (non-hydrogen) atoms. The van der Waals surface area contributed by atoms with Crippen LogP contribution in [0.5, 0.6) is 0 Å². The lowest BCUT2D eigenvalue weighted by molar-refractivity contribution is -0.139. The summed E-state index contributed by atoms with van der Waals surface area (Å²) < 4.78 is 0. The maximum atomic E-state index is 12.8. The summed E-state index contributed by atoms with van der Waals surface area (Å²) in [6, 6.07) is 2.07. The summed E-state index contributed by atoms with van der Waals surface area (Å²) >= 11 is 0. The van der Waals surface area contributed by atoms with Gasteiger partial charge in [-0.05, 0) is 38.2 Å². The molecule has 4 heterocycles. The van der Waals surface area contributed by atoms with Crippen molar-refractivity contribution < 1.29 is 9.59 Å². The monoisotopic (exact) mass is 316 g/mol. The quantitative estimate of drug-likeness (QED) is 0.920. The minimum atomic E-state index is -0.0360. The van der Waals surface area contributed by atoms with E-state index in [9.17, 15) is 9.59 Å². The lowest BCUT2D eigenvalue weighted by atomic mass is 9.94. The number of nitrogens with one attached hydrogen (secondary N) is 1. The van der Waals surface area contributed by atoms with Crippen molar-refractivity contribution in [3.8, 4) is 0 Å². The number of hydrogen-bond acceptors (Lipinski definition) is 3. The van der Waals surface area contributed by atoms with Crippen LogP contribution in [0.1, 0.15) is 61.1 Å². The van der Waals surface area contributed by atoms with Crippen molar-refractivity contribution in [2.75, 3.05) is 19.6 Å². The van der Waals surface area contributed by atoms with Crippen LogP contribution in [0.3, 0.4) is 0 Å². The molecule has 1 aromatic heterocycles. The zero-order valence-corrected chi connectivity index (χ0v) is 13.6. The van der Waals surface area contributed by atoms with Crippen molar-refractivity contribution in [3.05, 3.63) is 17.5 Å². The SMILES string of the molecule is CCCN1C(=O)[C@@H]2CC[C@H]1CN(C(=O)c1cc(C3CC3)[nH]n1)C2. The summed E-state index contributed by atoms with van der Waals surface area (Å²) in [5.41, 5.74) is 1.58. The van der Waals surface area contributed by atoms with Crippen LogP contribution in [0.15, 0.2) is 6.07 Å². The number of H-pyrrole nitrogens is 1. The molecule has 1 aliphatic carbocycles. The molecule has 1 saturated carbocycles. The van der Waals surface area contributed by atoms with Gasteiger partial charge in [-0.1, -0.05) is 6.92 Å². The molecule has 1 N–H and O–H groups in total. The second kappa shape index (κ2) is 5.65. The van der Waals surface area contributed by atoms with Crippen LogP contribution < -0.4 is 0 Å². The first-order valence-corrected chi connectivity index (χ1v) is 8.82. The smallest absolute Gasteiger partial charge is 0.274 e. The van der Waals surface area contributed by atoms with Crippen molar-refractivity contribution in [2.24, 2.45) is 5.92 Å². The predicted octanol–water partition coefficient (Wildman–Crippen LogP) is 1.76. The molecule has 3 aliphatic heterocycles. The van der Waals surface area contributed by atoms with Crippen LogP contribution in [0.2, 0.25) is 0 Å². The standard InChI is InChI=1S/C17H24N4O2/c1-2-7-21-13-6-5-12(16(21)22)9-20(10-13)17(23)15-8-14(18-19-15)11-3-4-11/h8,11-13H,2-7,9-10H2,1H3,(H,18,19)/t12-,13+/m1/s1. The third kappa shape index (κ3) is 2.64. The van der Waals surface area contributed by atoms with Gasteiger partial charge in [-0.2, -0.15) is 5.10 Å². The Bertz CT molecular complexity index is 622. The molecule has 124 valence electrons. The third-order valence-electron chi connectivity index (χ3n) is 5.38. The van der Waals surface area contributed by atoms with Crippen LogP contribution in [0.4, 0.5) is 0 Å². The van der Waals surface area contributed by atoms with Crippen LogP contribution in [-0.2, 0) is 4.79 Å². The summed E-state index contributed by atoms with van der Waals surface area (Å²) in [5.74, 6) is 0.729. The summed E-state index contributed by atoms with van der Waals surface area (Å²) in [4.78, 5) is 29.2. The molecule has 0 spiro atoms. The highest BCUT2D eigenvalue weighted by Gasteiger charge is 2.42. The number of piperidine rings is 1. The second-order valence-corrected chi connectivity index (χ2v) is 7.15. The molecule has 2 bridgehead atoms. The van der Waals surface area contributed by atoms with Crippen molar-refractivity contribution in [1.29, 1.82) is 0 Å². The highest BCUT2D eigenvalue weighted by Crippen LogP contribution is 2.39. The topological polar surface area (TPSA) is 69.3 Å². The number of carbonyl (C=O) groups excluding carboxylic acids is 2. The lowest BCUT2D eigenvalue weighted by Gasteiger charge is -2.35. The van der Waals surface area contributed by atoms with Gasteiger partial charge in [0, 0.05) is 37.3 Å². The molecule has 4 aliphatic rings. The van der Waals surface area contributed by atoms with Crippen molar-refractivity contribution in [1.82, 2.24) is 20.0 Å². The molecule has 1 aromatic rings. The zero-order valence-electron chi connectivity index (χ0n) is 13.6. The molecular weight excluding hydrogens is 292 g/mol. The average molecular weight is 316 g/mol. The van der Waals surface area contributed by atoms with Gasteiger partial charge in [0.15, 0.2) is 0 Å². The number of nitrogens with zero attached hydrogens (tertiary/aromatic N) is 3. The van der Waals surface area contributed by atoms with E-state index in [4.69, 9.17) is 0 Å². The fourth-order valence-corrected chi connectivity index (χ4v) is 3.95. The maximum Gasteiger partial charge on any atom is 0.274 e. The molecule has 0 aromatic carbocycles. The molecule has 4 fully saturated rings. The maximum absolute atomic E-state index is 12.8. The van der Waals surface area contributed by atoms with Gasteiger partial charge >= 0.3 is 0 Å². The van der Waals surface area contributed by atoms with Crippen LogP contribution in [-0.4, -0.2) is 57.5 Å². The van der Waals surface area contributed by atoms with Gasteiger partial charge in [0.2, 0.25) is 5.91 Å². The Balaban J connectivity index is 1.52. The highest BCUT2D eigenvalue weighted by molar-refractivity contribution is 5.93. The van der Waals surface area contributed by atoms with Gasteiger partial charge < -0.3 is 9.80 Å². The number of amides is 2. The number of rotatable bonds is 4. The van der Waals surface area contributed by atoms with E-state index in [-0.39, 0.29) is 23.8 Å². The minimum Gasteiger partial charge on any atom is -0.338 e. The summed E-state index contributed by atoms with van der Waals surface area (Å²) in [6.45, 7) is 4.08. The highest BCUT2D eigenvalue weighted by atomic mass is 16.2. The van der Waals surface area contributed by atoms with E-state index in [2.05, 4.69) is 17.1 Å². The zero-order chi connectivity index (χ0) is 16.0. The fourth-order valence-electron chi connectivity index (χ4n) is 3.95. The van der Waals surface area contributed by atoms with Crippen LogP contribution in [0.25, 0.3) is 0 Å². The lowest BCUT2D eigenvalue weighted by Crippen LogP contribution is -2.48. The Morgan fingerprint density at radius 3 is 2.78 bits per heavy atom. The summed E-state index contributed by atoms with van der Waals surface area (Å²) in [6.07, 6.45) is 5.25. The Hall–Kier alpha value is -1.85. The first-order chi connectivity index (χ1) is 11.2. The van der Waals surface area contributed by atoms with Gasteiger partial charge in [0.1, 0.15) is 5.69 Å². The molecule has 3 saturated heterocycles. The first-order valence-electron chi connectivity index (χ1n) is 8.82. The van der Waals surface area contributed by atoms with E-state index >= 15 is 0 Å². The summed E-state index contributed by atoms with van der Waals surface area (Å²) in [5, 5.41) is 7.22. The number of carbonyl (C=O) groups is 2. The largest absolute Gasteiger partial charge is 0.338 e. The number of hydrogen-bond donors (Lipinski definition) is 1. The van der Waals surface area contributed by atoms with Gasteiger partial charge in [-0.15, -0.1) is 0 Å². The molecule has 6 nitrogen and oxygen atoms in total. The predicted molar refractivity (Wildman–Crippen MR) is 85.0 cm³/mol. The van der Waals surface area contributed by atoms with Crippen LogP contribution >= 0.6 is 0 Å². The molecule has 2 amide bonds. The Morgan fingerprint density at radius 2 is 2.04 bits per heavy atom. The normalized spacial score (nSPS) is 27.4. The Kier molecular flexibility index (Phi) is 3.62. The van der Waals surface area contributed by atoms with Crippen molar-refractivity contribution in [3.63, 3.8) is 0 Å². The average Bonchev–Trinajstić information content (AvgIpc) is 3.34. The number of aromatic nitrogens is 2. The molecular formula is C17H24N4O2. The second-order valence-electron chi connectivity index (χ2n) is 7.15. The summed E-state index contributed by atoms with van der Waals surface area (Å²) in [7, 11) is 0. The van der Waals surface area contributed by atoms with Crippen molar-refractivity contribution >= 4 is 11.8 Å². The van der Waals surface area contributed by atoms with E-state index in [0.717, 1.165) is 31.5 Å². The molecule has 2 atom stereocenters. The van der Waals surface area contributed by atoms with Gasteiger partial charge in [-0.25, -0.2) is 0 Å². The number of fused-ring (bicyclic) bond motifs is 4. The van der Waals surface area contributed by atoms with E-state index in [0.29, 0.717) is 24.7 Å². The molecule has 0 radical (unpaired) electrons. The Labute approximate surface area is 136 Å². The van der Waals surface area contributed by atoms with Gasteiger partial charge in [0.05, 0.1) is 5.92 Å². The van der Waals surface area contributed by atoms with E-state index in [1.165, 1.54) is 12.8 Å². The molecule has 6 heteroatoms. The van der Waals surface area contributed by atoms with Gasteiger partial charge in [0.25, 0.3) is 5.91 Å². The number of aromatic amines is 1. The van der Waals surface area contributed by atoms with E-state index in [1.54, 1.807) is 0 Å². The Morgan fingerprint density at radius 1 is 1.26 bits per heavy atom. The third-order valence-corrected chi connectivity index (χ3v) is 5.38. The molecule has 0 unspecified atom stereocenters. The first kappa shape index (κ1) is 14.7.